The predicted molar refractivity (Wildman–Crippen MR) is 118 cm³/mol. The molecule has 2 aromatic carbocycles. The number of halogens is 1. The molecule has 0 saturated carbocycles. The number of carbonyl (C=O) groups is 2. The molecule has 0 aliphatic rings. The van der Waals surface area contributed by atoms with Crippen molar-refractivity contribution in [2.45, 2.75) is 19.5 Å². The van der Waals surface area contributed by atoms with Gasteiger partial charge in [-0.1, -0.05) is 35.9 Å². The van der Waals surface area contributed by atoms with Crippen molar-refractivity contribution < 1.29 is 18.7 Å². The molecule has 0 aliphatic heterocycles. The zero-order valence-corrected chi connectivity index (χ0v) is 17.8. The number of amides is 1. The summed E-state index contributed by atoms with van der Waals surface area (Å²) in [6.07, 6.45) is 1.61. The maximum atomic E-state index is 13.1. The van der Waals surface area contributed by atoms with Crippen molar-refractivity contribution in [2.24, 2.45) is 0 Å². The van der Waals surface area contributed by atoms with Gasteiger partial charge in [0.05, 0.1) is 30.5 Å². The van der Waals surface area contributed by atoms with E-state index < -0.39 is 5.97 Å². The summed E-state index contributed by atoms with van der Waals surface area (Å²) in [5.74, 6) is -0.615. The first-order valence-corrected chi connectivity index (χ1v) is 10.1. The van der Waals surface area contributed by atoms with E-state index in [0.29, 0.717) is 28.4 Å². The zero-order valence-electron chi connectivity index (χ0n) is 17.1. The van der Waals surface area contributed by atoms with Crippen LogP contribution in [0.3, 0.4) is 0 Å². The van der Waals surface area contributed by atoms with Gasteiger partial charge >= 0.3 is 5.97 Å². The summed E-state index contributed by atoms with van der Waals surface area (Å²) in [5.41, 5.74) is 4.35. The third kappa shape index (κ3) is 4.34. The van der Waals surface area contributed by atoms with Gasteiger partial charge in [-0.2, -0.15) is 0 Å². The van der Waals surface area contributed by atoms with Crippen molar-refractivity contribution in [3.8, 4) is 0 Å². The van der Waals surface area contributed by atoms with Gasteiger partial charge in [-0.3, -0.25) is 4.79 Å². The molecule has 0 fully saturated rings. The number of methoxy groups -OCH3 is 1. The van der Waals surface area contributed by atoms with E-state index in [1.54, 1.807) is 36.6 Å². The van der Waals surface area contributed by atoms with Gasteiger partial charge < -0.3 is 19.0 Å². The minimum absolute atomic E-state index is 0.218. The van der Waals surface area contributed by atoms with Crippen LogP contribution >= 0.6 is 11.6 Å². The number of aromatic nitrogens is 1. The Labute approximate surface area is 184 Å². The first-order chi connectivity index (χ1) is 15.0. The van der Waals surface area contributed by atoms with E-state index in [9.17, 15) is 9.59 Å². The molecule has 1 atom stereocenters. The van der Waals surface area contributed by atoms with Crippen LogP contribution in [0.15, 0.2) is 71.3 Å². The number of nitrogens with one attached hydrogen (secondary N) is 1. The molecule has 1 amide bonds. The predicted octanol–water partition coefficient (Wildman–Crippen LogP) is 5.21. The minimum atomic E-state index is -0.397. The van der Waals surface area contributed by atoms with Crippen molar-refractivity contribution in [3.05, 3.63) is 94.3 Å². The quantitative estimate of drug-likeness (QED) is 0.421. The van der Waals surface area contributed by atoms with Crippen LogP contribution in [0.5, 0.6) is 0 Å². The highest BCUT2D eigenvalue weighted by molar-refractivity contribution is 6.30. The summed E-state index contributed by atoms with van der Waals surface area (Å²) in [7, 11) is 1.34. The van der Waals surface area contributed by atoms with Gasteiger partial charge in [0, 0.05) is 23.7 Å². The maximum Gasteiger partial charge on any atom is 0.337 e. The van der Waals surface area contributed by atoms with Crippen LogP contribution < -0.4 is 5.32 Å². The lowest BCUT2D eigenvalue weighted by Gasteiger charge is -2.16. The number of hydrogen-bond acceptors (Lipinski definition) is 4. The third-order valence-electron chi connectivity index (χ3n) is 5.19. The lowest BCUT2D eigenvalue weighted by atomic mass is 10.1. The lowest BCUT2D eigenvalue weighted by Crippen LogP contribution is -2.28. The summed E-state index contributed by atoms with van der Waals surface area (Å²) >= 11 is 5.99. The van der Waals surface area contributed by atoms with Crippen LogP contribution in [0.2, 0.25) is 5.02 Å². The van der Waals surface area contributed by atoms with Crippen LogP contribution in [0.1, 0.15) is 44.9 Å². The van der Waals surface area contributed by atoms with E-state index in [0.717, 1.165) is 16.6 Å². The minimum Gasteiger partial charge on any atom is -0.465 e. The van der Waals surface area contributed by atoms with E-state index in [2.05, 4.69) is 5.32 Å². The van der Waals surface area contributed by atoms with Gasteiger partial charge in [0.25, 0.3) is 5.91 Å². The molecule has 6 nitrogen and oxygen atoms in total. The fourth-order valence-electron chi connectivity index (χ4n) is 3.49. The van der Waals surface area contributed by atoms with Gasteiger partial charge in [-0.15, -0.1) is 0 Å². The van der Waals surface area contributed by atoms with Crippen LogP contribution in [-0.4, -0.2) is 23.6 Å². The molecule has 0 aliphatic carbocycles. The Hall–Kier alpha value is -3.51. The zero-order chi connectivity index (χ0) is 22.0. The molecule has 4 rings (SSSR count). The highest BCUT2D eigenvalue weighted by Crippen LogP contribution is 2.24. The van der Waals surface area contributed by atoms with E-state index in [-0.39, 0.29) is 11.9 Å². The number of esters is 1. The Morgan fingerprint density at radius 2 is 1.81 bits per heavy atom. The Morgan fingerprint density at radius 1 is 1.10 bits per heavy atom. The number of nitrogens with zero attached hydrogens (tertiary/aromatic N) is 1. The second-order valence-corrected chi connectivity index (χ2v) is 7.66. The van der Waals surface area contributed by atoms with Crippen LogP contribution in [0, 0.1) is 0 Å². The lowest BCUT2D eigenvalue weighted by molar-refractivity contribution is 0.0600. The van der Waals surface area contributed by atoms with E-state index in [1.807, 2.05) is 41.8 Å². The van der Waals surface area contributed by atoms with E-state index in [4.69, 9.17) is 20.8 Å². The molecule has 4 aromatic rings. The Morgan fingerprint density at radius 3 is 2.48 bits per heavy atom. The van der Waals surface area contributed by atoms with E-state index >= 15 is 0 Å². The molecule has 0 saturated heterocycles. The molecule has 1 N–H and O–H groups in total. The fourth-order valence-corrected chi connectivity index (χ4v) is 3.61. The molecule has 2 heterocycles. The summed E-state index contributed by atoms with van der Waals surface area (Å²) < 4.78 is 12.2. The highest BCUT2D eigenvalue weighted by Gasteiger charge is 2.20. The van der Waals surface area contributed by atoms with Gasteiger partial charge in [0.1, 0.15) is 5.69 Å². The Bertz CT molecular complexity index is 1220. The first kappa shape index (κ1) is 20.8. The third-order valence-corrected chi connectivity index (χ3v) is 5.44. The molecule has 0 spiro atoms. The Kier molecular flexibility index (Phi) is 5.82. The summed E-state index contributed by atoms with van der Waals surface area (Å²) in [6, 6.07) is 17.8. The normalized spacial score (nSPS) is 12.0. The monoisotopic (exact) mass is 436 g/mol. The van der Waals surface area contributed by atoms with Gasteiger partial charge in [-0.05, 0) is 42.3 Å². The van der Waals surface area contributed by atoms with Crippen molar-refractivity contribution in [1.29, 1.82) is 0 Å². The van der Waals surface area contributed by atoms with Crippen LogP contribution in [-0.2, 0) is 11.3 Å². The van der Waals surface area contributed by atoms with Gasteiger partial charge in [0.15, 0.2) is 5.58 Å². The van der Waals surface area contributed by atoms with Crippen molar-refractivity contribution >= 4 is 34.6 Å². The molecule has 2 aromatic heterocycles. The number of benzene rings is 2. The van der Waals surface area contributed by atoms with Gasteiger partial charge in [0.2, 0.25) is 0 Å². The topological polar surface area (TPSA) is 73.5 Å². The molecule has 158 valence electrons. The number of furan rings is 1. The second kappa shape index (κ2) is 8.70. The molecule has 0 unspecified atom stereocenters. The second-order valence-electron chi connectivity index (χ2n) is 7.22. The smallest absolute Gasteiger partial charge is 0.337 e. The molecule has 0 bridgehead atoms. The number of ether oxygens (including phenoxy) is 1. The molecular formula is C24H21ClN2O4. The average molecular weight is 437 g/mol. The summed E-state index contributed by atoms with van der Waals surface area (Å²) in [4.78, 5) is 24.7. The standard InChI is InChI=1S/C24H21ClN2O4/c1-15(17-5-7-18(8-6-17)24(29)30-2)26-23(28)21-13-22-20(11-12-31-22)27(21)14-16-3-9-19(25)10-4-16/h3-13,15H,14H2,1-2H3,(H,26,28)/t15-/m0/s1. The van der Waals surface area contributed by atoms with Crippen molar-refractivity contribution in [2.75, 3.05) is 7.11 Å². The maximum absolute atomic E-state index is 13.1. The largest absolute Gasteiger partial charge is 0.465 e. The number of carbonyl (C=O) groups excluding carboxylic acids is 2. The van der Waals surface area contributed by atoms with E-state index in [1.165, 1.54) is 7.11 Å². The molecule has 7 heteroatoms. The number of fused-ring (bicyclic) bond motifs is 1. The SMILES string of the molecule is COC(=O)c1ccc([C@H](C)NC(=O)c2cc3occc3n2Cc2ccc(Cl)cc2)cc1. The number of rotatable bonds is 6. The van der Waals surface area contributed by atoms with Crippen molar-refractivity contribution in [3.63, 3.8) is 0 Å². The van der Waals surface area contributed by atoms with Crippen molar-refractivity contribution in [1.82, 2.24) is 9.88 Å². The van der Waals surface area contributed by atoms with Crippen LogP contribution in [0.25, 0.3) is 11.1 Å². The highest BCUT2D eigenvalue weighted by atomic mass is 35.5. The number of hydrogen-bond donors (Lipinski definition) is 1. The Balaban J connectivity index is 1.56. The summed E-state index contributed by atoms with van der Waals surface area (Å²) in [6.45, 7) is 2.40. The molecular weight excluding hydrogens is 416 g/mol. The average Bonchev–Trinajstić information content (AvgIpc) is 3.37. The fraction of sp³-hybridized carbons (Fsp3) is 0.167. The summed E-state index contributed by atoms with van der Waals surface area (Å²) in [5, 5.41) is 3.68. The van der Waals surface area contributed by atoms with Gasteiger partial charge in [-0.25, -0.2) is 4.79 Å². The molecule has 0 radical (unpaired) electrons. The first-order valence-electron chi connectivity index (χ1n) is 9.76. The van der Waals surface area contributed by atoms with Crippen LogP contribution in [0.4, 0.5) is 0 Å². The molecule has 31 heavy (non-hydrogen) atoms.